The lowest BCUT2D eigenvalue weighted by molar-refractivity contribution is -0.121. The molecule has 1 aromatic heterocycles. The summed E-state index contributed by atoms with van der Waals surface area (Å²) < 4.78 is 6.12. The molecule has 1 aliphatic carbocycles. The average molecular weight is 477 g/mol. The molecule has 1 saturated carbocycles. The van der Waals surface area contributed by atoms with Crippen molar-refractivity contribution in [3.05, 3.63) is 65.9 Å². The fourth-order valence-electron chi connectivity index (χ4n) is 5.10. The smallest absolute Gasteiger partial charge is 0.289 e. The van der Waals surface area contributed by atoms with E-state index >= 15 is 0 Å². The van der Waals surface area contributed by atoms with E-state index in [0.29, 0.717) is 36.9 Å². The van der Waals surface area contributed by atoms with Gasteiger partial charge in [0.15, 0.2) is 5.76 Å². The summed E-state index contributed by atoms with van der Waals surface area (Å²) in [6.45, 7) is 1.13. The number of nitrogens with zero attached hydrogens (tertiary/aromatic N) is 1. The van der Waals surface area contributed by atoms with Gasteiger partial charge in [0.1, 0.15) is 5.58 Å². The topological polar surface area (TPSA) is 62.6 Å². The number of para-hydroxylation sites is 2. The van der Waals surface area contributed by atoms with E-state index < -0.39 is 0 Å². The minimum Gasteiger partial charge on any atom is -0.451 e. The van der Waals surface area contributed by atoms with Gasteiger partial charge in [-0.1, -0.05) is 55.7 Å². The number of hydrogen-bond donors (Lipinski definition) is 1. The maximum atomic E-state index is 13.5. The average Bonchev–Trinajstić information content (AvgIpc) is 3.27. The SMILES string of the molecule is O=C(Nc1ccccc1)C1CCN(C(=O)c2oc3ccccc3c2CSC2CCCCC2)CC1. The summed E-state index contributed by atoms with van der Waals surface area (Å²) in [7, 11) is 0. The number of carbonyl (C=O) groups excluding carboxylic acids is 2. The van der Waals surface area contributed by atoms with E-state index in [1.54, 1.807) is 0 Å². The standard InChI is InChI=1S/C28H32N2O3S/c31-27(29-21-9-3-1-4-10-21)20-15-17-30(18-16-20)28(32)26-24(19-34-22-11-5-2-6-12-22)23-13-7-8-14-25(23)33-26/h1,3-4,7-10,13-14,20,22H,2,5-6,11-12,15-19H2,(H,29,31). The number of fused-ring (bicyclic) bond motifs is 1. The molecule has 2 heterocycles. The van der Waals surface area contributed by atoms with Gasteiger partial charge in [0.05, 0.1) is 0 Å². The van der Waals surface area contributed by atoms with E-state index in [1.807, 2.05) is 65.2 Å². The molecule has 2 aromatic carbocycles. The van der Waals surface area contributed by atoms with E-state index in [-0.39, 0.29) is 17.7 Å². The van der Waals surface area contributed by atoms with Crippen LogP contribution in [0.3, 0.4) is 0 Å². The number of furan rings is 1. The largest absolute Gasteiger partial charge is 0.451 e. The number of thioether (sulfide) groups is 1. The van der Waals surface area contributed by atoms with Gasteiger partial charge in [0.25, 0.3) is 5.91 Å². The van der Waals surface area contributed by atoms with Crippen LogP contribution in [0.2, 0.25) is 0 Å². The second-order valence-corrected chi connectivity index (χ2v) is 10.7. The first-order valence-corrected chi connectivity index (χ1v) is 13.5. The van der Waals surface area contributed by atoms with Crippen molar-refractivity contribution in [3.8, 4) is 0 Å². The van der Waals surface area contributed by atoms with Crippen LogP contribution in [0.15, 0.2) is 59.0 Å². The molecule has 3 aromatic rings. The molecule has 6 heteroatoms. The van der Waals surface area contributed by atoms with E-state index in [9.17, 15) is 9.59 Å². The maximum Gasteiger partial charge on any atom is 0.289 e. The van der Waals surface area contributed by atoms with Crippen LogP contribution in [0.25, 0.3) is 11.0 Å². The van der Waals surface area contributed by atoms with Crippen LogP contribution in [0.1, 0.15) is 61.1 Å². The Morgan fingerprint density at radius 3 is 2.38 bits per heavy atom. The molecule has 0 bridgehead atoms. The lowest BCUT2D eigenvalue weighted by Crippen LogP contribution is -2.41. The predicted octanol–water partition coefficient (Wildman–Crippen LogP) is 6.49. The first-order valence-electron chi connectivity index (χ1n) is 12.5. The van der Waals surface area contributed by atoms with E-state index in [1.165, 1.54) is 32.1 Å². The van der Waals surface area contributed by atoms with Crippen LogP contribution >= 0.6 is 11.8 Å². The Morgan fingerprint density at radius 2 is 1.62 bits per heavy atom. The summed E-state index contributed by atoms with van der Waals surface area (Å²) in [6, 6.07) is 17.5. The van der Waals surface area contributed by atoms with Crippen molar-refractivity contribution in [1.29, 1.82) is 0 Å². The van der Waals surface area contributed by atoms with Gasteiger partial charge in [0, 0.05) is 46.6 Å². The van der Waals surface area contributed by atoms with Crippen molar-refractivity contribution in [2.45, 2.75) is 55.9 Å². The highest BCUT2D eigenvalue weighted by molar-refractivity contribution is 7.99. The molecule has 1 aliphatic heterocycles. The number of piperidine rings is 1. The van der Waals surface area contributed by atoms with Gasteiger partial charge < -0.3 is 14.6 Å². The van der Waals surface area contributed by atoms with Crippen LogP contribution in [0.4, 0.5) is 5.69 Å². The Balaban J connectivity index is 1.25. The molecule has 0 radical (unpaired) electrons. The molecule has 1 N–H and O–H groups in total. The summed E-state index contributed by atoms with van der Waals surface area (Å²) in [6.07, 6.45) is 7.82. The van der Waals surface area contributed by atoms with E-state index in [2.05, 4.69) is 11.4 Å². The molecular weight excluding hydrogens is 444 g/mol. The quantitative estimate of drug-likeness (QED) is 0.442. The van der Waals surface area contributed by atoms with Gasteiger partial charge in [0.2, 0.25) is 5.91 Å². The van der Waals surface area contributed by atoms with Crippen molar-refractivity contribution in [1.82, 2.24) is 4.90 Å². The van der Waals surface area contributed by atoms with Crippen LogP contribution in [-0.2, 0) is 10.5 Å². The van der Waals surface area contributed by atoms with E-state index in [0.717, 1.165) is 28.0 Å². The summed E-state index contributed by atoms with van der Waals surface area (Å²) in [5, 5.41) is 4.72. The van der Waals surface area contributed by atoms with Gasteiger partial charge in [-0.3, -0.25) is 9.59 Å². The zero-order valence-electron chi connectivity index (χ0n) is 19.5. The Morgan fingerprint density at radius 1 is 0.912 bits per heavy atom. The highest BCUT2D eigenvalue weighted by Gasteiger charge is 2.31. The van der Waals surface area contributed by atoms with Gasteiger partial charge in [-0.25, -0.2) is 0 Å². The second-order valence-electron chi connectivity index (χ2n) is 9.40. The summed E-state index contributed by atoms with van der Waals surface area (Å²) in [5.74, 6) is 1.19. The third-order valence-corrected chi connectivity index (χ3v) is 8.50. The molecule has 0 atom stereocenters. The lowest BCUT2D eigenvalue weighted by Gasteiger charge is -2.31. The monoisotopic (exact) mass is 476 g/mol. The number of likely N-dealkylation sites (tertiary alicyclic amines) is 1. The molecule has 2 amide bonds. The molecule has 0 unspecified atom stereocenters. The number of rotatable bonds is 6. The number of benzene rings is 2. The summed E-state index contributed by atoms with van der Waals surface area (Å²) >= 11 is 1.97. The zero-order valence-corrected chi connectivity index (χ0v) is 20.3. The first kappa shape index (κ1) is 23.0. The molecular formula is C28H32N2O3S. The highest BCUT2D eigenvalue weighted by Crippen LogP contribution is 2.36. The van der Waals surface area contributed by atoms with Crippen LogP contribution < -0.4 is 5.32 Å². The third-order valence-electron chi connectivity index (χ3n) is 7.10. The third kappa shape index (κ3) is 5.17. The lowest BCUT2D eigenvalue weighted by atomic mass is 9.95. The Hall–Kier alpha value is -2.73. The first-order chi connectivity index (χ1) is 16.7. The number of amides is 2. The van der Waals surface area contributed by atoms with Gasteiger partial charge >= 0.3 is 0 Å². The molecule has 5 rings (SSSR count). The summed E-state index contributed by atoms with van der Waals surface area (Å²) in [4.78, 5) is 28.1. The molecule has 34 heavy (non-hydrogen) atoms. The van der Waals surface area contributed by atoms with Crippen LogP contribution in [-0.4, -0.2) is 35.1 Å². The predicted molar refractivity (Wildman–Crippen MR) is 138 cm³/mol. The summed E-state index contributed by atoms with van der Waals surface area (Å²) in [5.41, 5.74) is 2.62. The van der Waals surface area contributed by atoms with E-state index in [4.69, 9.17) is 4.42 Å². The molecule has 5 nitrogen and oxygen atoms in total. The molecule has 178 valence electrons. The van der Waals surface area contributed by atoms with Crippen LogP contribution in [0.5, 0.6) is 0 Å². The molecule has 0 spiro atoms. The Labute approximate surface area is 205 Å². The molecule has 1 saturated heterocycles. The Bertz CT molecular complexity index is 1130. The normalized spacial score (nSPS) is 17.7. The second kappa shape index (κ2) is 10.7. The molecule has 2 aliphatic rings. The van der Waals surface area contributed by atoms with Crippen molar-refractivity contribution in [2.75, 3.05) is 18.4 Å². The van der Waals surface area contributed by atoms with Gasteiger partial charge in [-0.05, 0) is 43.9 Å². The van der Waals surface area contributed by atoms with Crippen molar-refractivity contribution >= 4 is 40.2 Å². The number of carbonyl (C=O) groups is 2. The highest BCUT2D eigenvalue weighted by atomic mass is 32.2. The van der Waals surface area contributed by atoms with Crippen molar-refractivity contribution in [2.24, 2.45) is 5.92 Å². The number of hydrogen-bond acceptors (Lipinski definition) is 4. The Kier molecular flexibility index (Phi) is 7.24. The minimum atomic E-state index is -0.0822. The van der Waals surface area contributed by atoms with Crippen LogP contribution in [0, 0.1) is 5.92 Å². The van der Waals surface area contributed by atoms with Gasteiger partial charge in [-0.15, -0.1) is 0 Å². The maximum absolute atomic E-state index is 13.5. The van der Waals surface area contributed by atoms with Crippen molar-refractivity contribution in [3.63, 3.8) is 0 Å². The minimum absolute atomic E-state index is 0.0339. The zero-order chi connectivity index (χ0) is 23.3. The van der Waals surface area contributed by atoms with Gasteiger partial charge in [-0.2, -0.15) is 11.8 Å². The number of nitrogens with one attached hydrogen (secondary N) is 1. The fourth-order valence-corrected chi connectivity index (χ4v) is 6.46. The number of anilines is 1. The molecule has 2 fully saturated rings. The van der Waals surface area contributed by atoms with Crippen molar-refractivity contribution < 1.29 is 14.0 Å². The fraction of sp³-hybridized carbons (Fsp3) is 0.429.